The van der Waals surface area contributed by atoms with Crippen LogP contribution >= 0.6 is 0 Å². The van der Waals surface area contributed by atoms with Crippen LogP contribution in [0.1, 0.15) is 37.3 Å². The number of para-hydroxylation sites is 2. The molecule has 0 aliphatic rings. The molecule has 2 amide bonds. The summed E-state index contributed by atoms with van der Waals surface area (Å²) in [6.07, 6.45) is 3.80. The number of amides is 2. The maximum Gasteiger partial charge on any atom is 0.309 e. The summed E-state index contributed by atoms with van der Waals surface area (Å²) < 4.78 is 11.5. The number of carbonyl (C=O) groups is 3. The molecule has 9 nitrogen and oxygen atoms in total. The smallest absolute Gasteiger partial charge is 0.309 e. The molecule has 0 aliphatic heterocycles. The van der Waals surface area contributed by atoms with Gasteiger partial charge in [0.15, 0.2) is 11.5 Å². The molecule has 3 N–H and O–H groups in total. The second-order valence-corrected chi connectivity index (χ2v) is 9.27. The fourth-order valence-corrected chi connectivity index (χ4v) is 4.03. The lowest BCUT2D eigenvalue weighted by atomic mass is 10.0. The first-order valence-corrected chi connectivity index (χ1v) is 12.9. The quantitative estimate of drug-likeness (QED) is 0.154. The number of nitrogens with one attached hydrogen (secondary N) is 2. The van der Waals surface area contributed by atoms with E-state index in [-0.39, 0.29) is 26.1 Å². The molecule has 3 aromatic rings. The number of allylic oxidation sites excluding steroid dienone is 2. The Morgan fingerprint density at radius 2 is 1.67 bits per heavy atom. The molecule has 0 radical (unpaired) electrons. The summed E-state index contributed by atoms with van der Waals surface area (Å²) in [5.74, 6) is -2.78. The van der Waals surface area contributed by atoms with Gasteiger partial charge in [0.25, 0.3) is 0 Å². The summed E-state index contributed by atoms with van der Waals surface area (Å²) in [6, 6.07) is 15.2. The number of nitrogens with zero attached hydrogens (tertiary/aromatic N) is 1. The molecule has 1 heterocycles. The Kier molecular flexibility index (Phi) is 11.0. The van der Waals surface area contributed by atoms with Gasteiger partial charge in [-0.05, 0) is 37.5 Å². The fraction of sp³-hybridized carbons (Fsp3) is 0.333. The molecule has 39 heavy (non-hydrogen) atoms. The maximum atomic E-state index is 13.2. The highest BCUT2D eigenvalue weighted by molar-refractivity contribution is 6.00. The molecule has 0 fully saturated rings. The monoisotopic (exact) mass is 533 g/mol. The van der Waals surface area contributed by atoms with Crippen LogP contribution in [0.25, 0.3) is 11.1 Å². The highest BCUT2D eigenvalue weighted by Crippen LogP contribution is 2.21. The Bertz CT molecular complexity index is 1240. The van der Waals surface area contributed by atoms with Crippen LogP contribution in [0.3, 0.4) is 0 Å². The highest BCUT2D eigenvalue weighted by atomic mass is 16.5. The van der Waals surface area contributed by atoms with Gasteiger partial charge in [0.05, 0.1) is 18.6 Å². The van der Waals surface area contributed by atoms with Crippen molar-refractivity contribution < 1.29 is 28.6 Å². The average molecular weight is 534 g/mol. The zero-order chi connectivity index (χ0) is 28.2. The van der Waals surface area contributed by atoms with Gasteiger partial charge in [-0.1, -0.05) is 54.6 Å². The van der Waals surface area contributed by atoms with Crippen LogP contribution in [0.2, 0.25) is 0 Å². The lowest BCUT2D eigenvalue weighted by Crippen LogP contribution is -2.46. The highest BCUT2D eigenvalue weighted by Gasteiger charge is 2.30. The largest absolute Gasteiger partial charge is 0.463 e. The van der Waals surface area contributed by atoms with Gasteiger partial charge < -0.3 is 24.9 Å². The van der Waals surface area contributed by atoms with Crippen LogP contribution in [0, 0.1) is 11.8 Å². The summed E-state index contributed by atoms with van der Waals surface area (Å²) in [7, 11) is 0. The summed E-state index contributed by atoms with van der Waals surface area (Å²) in [6.45, 7) is 8.63. The normalized spacial score (nSPS) is 14.0. The van der Waals surface area contributed by atoms with E-state index in [1.807, 2.05) is 30.3 Å². The van der Waals surface area contributed by atoms with Gasteiger partial charge in [-0.2, -0.15) is 0 Å². The SMILES string of the molecule is C=CCC(C(=O)N[C@@H](C)CO)C(=O)N[C@H](COC(=O)[C@H](CC=C)Cc1nc2ccccc2o1)c1ccccc1. The van der Waals surface area contributed by atoms with E-state index < -0.39 is 41.7 Å². The van der Waals surface area contributed by atoms with Crippen LogP contribution in [0.15, 0.2) is 84.3 Å². The van der Waals surface area contributed by atoms with E-state index in [2.05, 4.69) is 28.8 Å². The first-order chi connectivity index (χ1) is 18.9. The summed E-state index contributed by atoms with van der Waals surface area (Å²) in [5, 5.41) is 14.7. The van der Waals surface area contributed by atoms with Crippen molar-refractivity contribution in [1.29, 1.82) is 0 Å². The van der Waals surface area contributed by atoms with Crippen molar-refractivity contribution in [3.8, 4) is 0 Å². The van der Waals surface area contributed by atoms with E-state index in [1.165, 1.54) is 6.08 Å². The third-order valence-electron chi connectivity index (χ3n) is 6.15. The Labute approximate surface area is 228 Å². The molecule has 0 saturated heterocycles. The molecule has 206 valence electrons. The number of hydrogen-bond acceptors (Lipinski definition) is 7. The average Bonchev–Trinajstić information content (AvgIpc) is 3.36. The van der Waals surface area contributed by atoms with Crippen molar-refractivity contribution in [3.63, 3.8) is 0 Å². The lowest BCUT2D eigenvalue weighted by molar-refractivity contribution is -0.150. The van der Waals surface area contributed by atoms with Crippen LogP contribution in [0.4, 0.5) is 0 Å². The molecule has 0 saturated carbocycles. The van der Waals surface area contributed by atoms with Crippen LogP contribution in [-0.4, -0.2) is 47.1 Å². The number of fused-ring (bicyclic) bond motifs is 1. The minimum Gasteiger partial charge on any atom is -0.463 e. The van der Waals surface area contributed by atoms with Crippen LogP contribution in [-0.2, 0) is 25.5 Å². The van der Waals surface area contributed by atoms with E-state index in [0.29, 0.717) is 29.0 Å². The van der Waals surface area contributed by atoms with E-state index in [4.69, 9.17) is 9.15 Å². The number of rotatable bonds is 15. The van der Waals surface area contributed by atoms with E-state index in [0.717, 1.165) is 0 Å². The second-order valence-electron chi connectivity index (χ2n) is 9.27. The molecular weight excluding hydrogens is 498 g/mol. The number of oxazole rings is 1. The van der Waals surface area contributed by atoms with Gasteiger partial charge in [-0.15, -0.1) is 13.2 Å². The zero-order valence-corrected chi connectivity index (χ0v) is 22.0. The number of aromatic nitrogens is 1. The van der Waals surface area contributed by atoms with Gasteiger partial charge in [0.1, 0.15) is 18.0 Å². The molecule has 1 aromatic heterocycles. The van der Waals surface area contributed by atoms with Gasteiger partial charge in [-0.25, -0.2) is 4.98 Å². The predicted octanol–water partition coefficient (Wildman–Crippen LogP) is 3.65. The molecular formula is C30H35N3O6. The Hall–Kier alpha value is -4.24. The molecule has 3 rings (SSSR count). The second kappa shape index (κ2) is 14.6. The maximum absolute atomic E-state index is 13.2. The first kappa shape index (κ1) is 29.3. The number of aliphatic hydroxyl groups excluding tert-OH is 1. The molecule has 2 aromatic carbocycles. The Morgan fingerprint density at radius 1 is 1.00 bits per heavy atom. The van der Waals surface area contributed by atoms with E-state index >= 15 is 0 Å². The number of ether oxygens (including phenoxy) is 1. The first-order valence-electron chi connectivity index (χ1n) is 12.9. The molecule has 0 bridgehead atoms. The molecule has 0 aliphatic carbocycles. The summed E-state index contributed by atoms with van der Waals surface area (Å²) in [4.78, 5) is 43.4. The zero-order valence-electron chi connectivity index (χ0n) is 22.0. The van der Waals surface area contributed by atoms with Crippen molar-refractivity contribution in [2.24, 2.45) is 11.8 Å². The predicted molar refractivity (Wildman–Crippen MR) is 147 cm³/mol. The Morgan fingerprint density at radius 3 is 2.33 bits per heavy atom. The number of benzene rings is 2. The van der Waals surface area contributed by atoms with Crippen molar-refractivity contribution in [2.45, 2.75) is 38.3 Å². The molecule has 1 unspecified atom stereocenters. The third kappa shape index (κ3) is 8.38. The van der Waals surface area contributed by atoms with Gasteiger partial charge in [0.2, 0.25) is 11.8 Å². The summed E-state index contributed by atoms with van der Waals surface area (Å²) in [5.41, 5.74) is 2.05. The van der Waals surface area contributed by atoms with Crippen molar-refractivity contribution in [1.82, 2.24) is 15.6 Å². The number of esters is 1. The standard InChI is InChI=1S/C30H35N3O6/c1-4-11-22(17-27-32-24-15-9-10-16-26(24)39-27)30(37)38-19-25(21-13-7-6-8-14-21)33-29(36)23(12-5-2)28(35)31-20(3)18-34/h4-10,13-16,20,22-23,25,34H,1-2,11-12,17-19H2,3H3,(H,31,35)(H,33,36)/t20-,22+,23?,25+/m0/s1. The lowest BCUT2D eigenvalue weighted by Gasteiger charge is -2.24. The van der Waals surface area contributed by atoms with Crippen LogP contribution in [0.5, 0.6) is 0 Å². The van der Waals surface area contributed by atoms with Crippen molar-refractivity contribution >= 4 is 28.9 Å². The van der Waals surface area contributed by atoms with Crippen molar-refractivity contribution in [3.05, 3.63) is 91.4 Å². The molecule has 9 heteroatoms. The van der Waals surface area contributed by atoms with Crippen LogP contribution < -0.4 is 10.6 Å². The fourth-order valence-electron chi connectivity index (χ4n) is 4.03. The minimum absolute atomic E-state index is 0.100. The van der Waals surface area contributed by atoms with Gasteiger partial charge in [-0.3, -0.25) is 14.4 Å². The third-order valence-corrected chi connectivity index (χ3v) is 6.15. The summed E-state index contributed by atoms with van der Waals surface area (Å²) >= 11 is 0. The van der Waals surface area contributed by atoms with E-state index in [9.17, 15) is 19.5 Å². The molecule has 0 spiro atoms. The number of carbonyl (C=O) groups excluding carboxylic acids is 3. The number of hydrogen-bond donors (Lipinski definition) is 3. The Balaban J connectivity index is 1.72. The van der Waals surface area contributed by atoms with Crippen molar-refractivity contribution in [2.75, 3.05) is 13.2 Å². The van der Waals surface area contributed by atoms with Gasteiger partial charge in [0, 0.05) is 12.5 Å². The van der Waals surface area contributed by atoms with E-state index in [1.54, 1.807) is 37.3 Å². The topological polar surface area (TPSA) is 131 Å². The number of aliphatic hydroxyl groups is 1. The molecule has 4 atom stereocenters. The minimum atomic E-state index is -1.06. The van der Waals surface area contributed by atoms with Gasteiger partial charge >= 0.3 is 5.97 Å².